The Hall–Kier alpha value is 0.326. The van der Waals surface area contributed by atoms with Crippen molar-refractivity contribution in [3.05, 3.63) is 35.9 Å². The molecule has 1 aromatic carbocycles. The summed E-state index contributed by atoms with van der Waals surface area (Å²) in [5, 5.41) is 2.81. The fourth-order valence-electron chi connectivity index (χ4n) is 0.930. The first-order chi connectivity index (χ1) is 5.84. The maximum atomic E-state index is 11.3. The van der Waals surface area contributed by atoms with Crippen molar-refractivity contribution in [3.63, 3.8) is 0 Å². The van der Waals surface area contributed by atoms with Crippen LogP contribution in [-0.4, -0.2) is 12.5 Å². The van der Waals surface area contributed by atoms with Crippen molar-refractivity contribution in [2.75, 3.05) is 6.54 Å². The molecule has 2 nitrogen and oxygen atoms in total. The fourth-order valence-corrected chi connectivity index (χ4v) is 0.930. The van der Waals surface area contributed by atoms with Gasteiger partial charge in [0.2, 0.25) is 0 Å². The van der Waals surface area contributed by atoms with Gasteiger partial charge in [0.1, 0.15) is 0 Å². The predicted octanol–water partition coefficient (Wildman–Crippen LogP) is -1.06. The minimum Gasteiger partial charge on any atom is -1.00 e. The number of nitrogens with one attached hydrogen (secondary N) is 1. The van der Waals surface area contributed by atoms with E-state index in [1.54, 1.807) is 0 Å². The normalized spacial score (nSPS) is 8.69. The molecule has 0 spiro atoms. The predicted molar refractivity (Wildman–Crippen MR) is 50.2 cm³/mol. The van der Waals surface area contributed by atoms with Gasteiger partial charge in [-0.1, -0.05) is 25.1 Å². The van der Waals surface area contributed by atoms with E-state index in [-0.39, 0.29) is 58.7 Å². The Bertz CT molecular complexity index is 254. The molecule has 0 radical (unpaired) electrons. The van der Waals surface area contributed by atoms with Gasteiger partial charge in [0.25, 0.3) is 5.91 Å². The van der Waals surface area contributed by atoms with E-state index in [0.717, 1.165) is 18.5 Å². The van der Waals surface area contributed by atoms with Gasteiger partial charge in [-0.15, -0.1) is 0 Å². The fraction of sp³-hybridized carbons (Fsp3) is 0.300. The van der Waals surface area contributed by atoms with Crippen LogP contribution in [0.4, 0.5) is 0 Å². The van der Waals surface area contributed by atoms with Crippen LogP contribution in [-0.2, 0) is 0 Å². The molecule has 1 N–H and O–H groups in total. The first-order valence-electron chi connectivity index (χ1n) is 4.18. The molecule has 1 amide bonds. The van der Waals surface area contributed by atoms with Crippen molar-refractivity contribution in [1.82, 2.24) is 5.32 Å². The summed E-state index contributed by atoms with van der Waals surface area (Å²) in [6.07, 6.45) is 0.971. The average molecular weight is 203 g/mol. The van der Waals surface area contributed by atoms with E-state index in [9.17, 15) is 4.79 Å². The molecular weight excluding hydrogens is 189 g/mol. The van der Waals surface area contributed by atoms with Gasteiger partial charge in [0, 0.05) is 12.1 Å². The van der Waals surface area contributed by atoms with Crippen LogP contribution in [0.15, 0.2) is 30.3 Å². The first-order valence-corrected chi connectivity index (χ1v) is 4.18. The molecule has 0 aliphatic carbocycles. The van der Waals surface area contributed by atoms with Crippen molar-refractivity contribution in [3.8, 4) is 0 Å². The molecule has 0 saturated carbocycles. The van der Waals surface area contributed by atoms with E-state index in [1.165, 1.54) is 0 Å². The largest absolute Gasteiger partial charge is 1.00 e. The number of hydrogen-bond donors (Lipinski definition) is 1. The maximum absolute atomic E-state index is 11.3. The monoisotopic (exact) mass is 203 g/mol. The third-order valence-corrected chi connectivity index (χ3v) is 1.57. The smallest absolute Gasteiger partial charge is 1.00 e. The van der Waals surface area contributed by atoms with Gasteiger partial charge in [-0.3, -0.25) is 4.79 Å². The summed E-state index contributed by atoms with van der Waals surface area (Å²) >= 11 is 0. The summed E-state index contributed by atoms with van der Waals surface area (Å²) in [4.78, 5) is 11.3. The molecule has 0 unspecified atom stereocenters. The number of carbonyl (C=O) groups excluding carboxylic acids is 1. The second-order valence-corrected chi connectivity index (χ2v) is 2.62. The van der Waals surface area contributed by atoms with E-state index in [4.69, 9.17) is 0 Å². The van der Waals surface area contributed by atoms with Crippen molar-refractivity contribution in [2.24, 2.45) is 0 Å². The molecule has 0 fully saturated rings. The summed E-state index contributed by atoms with van der Waals surface area (Å²) in [5.74, 6) is 0.0115. The molecule has 0 aromatic heterocycles. The Labute approximate surface area is 123 Å². The van der Waals surface area contributed by atoms with E-state index in [0.29, 0.717) is 0 Å². The van der Waals surface area contributed by atoms with E-state index in [2.05, 4.69) is 5.32 Å². The van der Waals surface area contributed by atoms with Crippen LogP contribution in [0.3, 0.4) is 0 Å². The van der Waals surface area contributed by atoms with E-state index < -0.39 is 0 Å². The van der Waals surface area contributed by atoms with E-state index in [1.807, 2.05) is 37.3 Å². The number of benzene rings is 1. The van der Waals surface area contributed by atoms with Crippen LogP contribution in [0, 0.1) is 0 Å². The SMILES string of the molecule is CCCNC(=O)c1ccccc1.[H-].[K+]. The first kappa shape index (κ1) is 13.3. The summed E-state index contributed by atoms with van der Waals surface area (Å²) < 4.78 is 0. The van der Waals surface area contributed by atoms with Crippen molar-refractivity contribution in [1.29, 1.82) is 0 Å². The molecule has 0 atom stereocenters. The molecule has 1 aromatic rings. The number of rotatable bonds is 3. The zero-order chi connectivity index (χ0) is 8.81. The maximum Gasteiger partial charge on any atom is 1.00 e. The quantitative estimate of drug-likeness (QED) is 0.624. The third-order valence-electron chi connectivity index (χ3n) is 1.57. The van der Waals surface area contributed by atoms with Gasteiger partial charge in [0.15, 0.2) is 0 Å². The van der Waals surface area contributed by atoms with Gasteiger partial charge in [-0.25, -0.2) is 0 Å². The second kappa shape index (κ2) is 7.70. The molecule has 13 heavy (non-hydrogen) atoms. The van der Waals surface area contributed by atoms with Crippen LogP contribution in [0.25, 0.3) is 0 Å². The summed E-state index contributed by atoms with van der Waals surface area (Å²) in [5.41, 5.74) is 0.728. The van der Waals surface area contributed by atoms with Crippen LogP contribution >= 0.6 is 0 Å². The molecule has 0 bridgehead atoms. The molecule has 0 heterocycles. The van der Waals surface area contributed by atoms with Gasteiger partial charge >= 0.3 is 51.4 Å². The Kier molecular flexibility index (Phi) is 7.90. The van der Waals surface area contributed by atoms with Crippen LogP contribution in [0.2, 0.25) is 0 Å². The number of carbonyl (C=O) groups is 1. The molecule has 3 heteroatoms. The molecule has 0 aliphatic rings. The Morgan fingerprint density at radius 1 is 1.38 bits per heavy atom. The average Bonchev–Trinajstić information content (AvgIpc) is 2.15. The Morgan fingerprint density at radius 2 is 2.00 bits per heavy atom. The van der Waals surface area contributed by atoms with Crippen molar-refractivity contribution < 1.29 is 57.6 Å². The van der Waals surface area contributed by atoms with Gasteiger partial charge in [-0.2, -0.15) is 0 Å². The summed E-state index contributed by atoms with van der Waals surface area (Å²) in [6, 6.07) is 9.24. The van der Waals surface area contributed by atoms with Crippen LogP contribution in [0.1, 0.15) is 25.1 Å². The number of amides is 1. The standard InChI is InChI=1S/C10H13NO.K.H/c1-2-8-11-10(12)9-6-4-3-5-7-9;;/h3-7H,2,8H2,1H3,(H,11,12);;/q;+1;-1. The molecular formula is C10H14KNO. The topological polar surface area (TPSA) is 29.1 Å². The Balaban J connectivity index is 0. The minimum atomic E-state index is 0. The van der Waals surface area contributed by atoms with Gasteiger partial charge < -0.3 is 6.74 Å². The van der Waals surface area contributed by atoms with Crippen molar-refractivity contribution >= 4 is 5.91 Å². The molecule has 0 aliphatic heterocycles. The van der Waals surface area contributed by atoms with Gasteiger partial charge in [-0.05, 0) is 18.6 Å². The summed E-state index contributed by atoms with van der Waals surface area (Å²) in [7, 11) is 0. The zero-order valence-corrected chi connectivity index (χ0v) is 11.3. The molecule has 1 rings (SSSR count). The van der Waals surface area contributed by atoms with Gasteiger partial charge in [0.05, 0.1) is 0 Å². The number of hydrogen-bond acceptors (Lipinski definition) is 1. The molecule has 66 valence electrons. The molecule has 0 saturated heterocycles. The van der Waals surface area contributed by atoms with Crippen molar-refractivity contribution in [2.45, 2.75) is 13.3 Å². The summed E-state index contributed by atoms with van der Waals surface area (Å²) in [6.45, 7) is 2.78. The minimum absolute atomic E-state index is 0. The van der Waals surface area contributed by atoms with Crippen LogP contribution < -0.4 is 56.7 Å². The van der Waals surface area contributed by atoms with E-state index >= 15 is 0 Å². The third kappa shape index (κ3) is 4.93. The zero-order valence-electron chi connectivity index (χ0n) is 9.21. The Morgan fingerprint density at radius 3 is 2.54 bits per heavy atom. The van der Waals surface area contributed by atoms with Crippen LogP contribution in [0.5, 0.6) is 0 Å². The second-order valence-electron chi connectivity index (χ2n) is 2.62.